The van der Waals surface area contributed by atoms with Gasteiger partial charge in [0, 0.05) is 18.5 Å². The topological polar surface area (TPSA) is 61.4 Å². The first-order chi connectivity index (χ1) is 6.95. The van der Waals surface area contributed by atoms with Crippen LogP contribution in [0.3, 0.4) is 0 Å². The number of rotatable bonds is 0. The molecule has 3 amide bonds. The van der Waals surface area contributed by atoms with Crippen molar-refractivity contribution < 1.29 is 9.59 Å². The molecule has 0 aliphatic carbocycles. The maximum atomic E-state index is 11.8. The Bertz CT molecular complexity index is 318. The zero-order valence-corrected chi connectivity index (χ0v) is 9.33. The van der Waals surface area contributed by atoms with Gasteiger partial charge in [0.15, 0.2) is 0 Å². The van der Waals surface area contributed by atoms with E-state index in [0.29, 0.717) is 12.5 Å². The van der Waals surface area contributed by atoms with Crippen LogP contribution in [0.4, 0.5) is 4.79 Å². The van der Waals surface area contributed by atoms with Crippen LogP contribution >= 0.6 is 0 Å². The Morgan fingerprint density at radius 3 is 2.60 bits per heavy atom. The van der Waals surface area contributed by atoms with E-state index in [2.05, 4.69) is 22.5 Å². The Balaban J connectivity index is 2.27. The molecule has 2 heterocycles. The van der Waals surface area contributed by atoms with Crippen LogP contribution in [0, 0.1) is 5.92 Å². The summed E-state index contributed by atoms with van der Waals surface area (Å²) >= 11 is 0. The van der Waals surface area contributed by atoms with E-state index in [-0.39, 0.29) is 17.9 Å². The van der Waals surface area contributed by atoms with Gasteiger partial charge in [-0.05, 0) is 20.4 Å². The van der Waals surface area contributed by atoms with Crippen molar-refractivity contribution in [1.82, 2.24) is 15.5 Å². The van der Waals surface area contributed by atoms with Gasteiger partial charge in [-0.2, -0.15) is 0 Å². The van der Waals surface area contributed by atoms with E-state index in [0.717, 1.165) is 6.54 Å². The van der Waals surface area contributed by atoms with Crippen molar-refractivity contribution in [3.63, 3.8) is 0 Å². The normalized spacial score (nSPS) is 41.8. The van der Waals surface area contributed by atoms with E-state index in [9.17, 15) is 9.59 Å². The average Bonchev–Trinajstić information content (AvgIpc) is 2.40. The van der Waals surface area contributed by atoms with Crippen molar-refractivity contribution in [1.29, 1.82) is 0 Å². The molecule has 3 atom stereocenters. The van der Waals surface area contributed by atoms with E-state index < -0.39 is 5.54 Å². The smallest absolute Gasteiger partial charge is 0.322 e. The van der Waals surface area contributed by atoms with Gasteiger partial charge in [-0.25, -0.2) is 4.79 Å². The number of piperidine rings is 1. The molecule has 0 aromatic carbocycles. The van der Waals surface area contributed by atoms with Gasteiger partial charge < -0.3 is 10.2 Å². The fourth-order valence-electron chi connectivity index (χ4n) is 2.59. The van der Waals surface area contributed by atoms with Gasteiger partial charge in [0.05, 0.1) is 0 Å². The molecule has 0 bridgehead atoms. The lowest BCUT2D eigenvalue weighted by atomic mass is 9.76. The third-order valence-corrected chi connectivity index (χ3v) is 3.74. The van der Waals surface area contributed by atoms with Crippen LogP contribution in [0.2, 0.25) is 0 Å². The molecule has 2 N–H and O–H groups in total. The SMILES string of the molecule is C[C@@H]1CN(C)[C@@H](C)C[C@]12NC(=O)NC2=O. The molecule has 84 valence electrons. The number of imide groups is 1. The molecule has 5 heteroatoms. The Morgan fingerprint density at radius 1 is 1.40 bits per heavy atom. The first-order valence-corrected chi connectivity index (χ1v) is 5.29. The number of nitrogens with one attached hydrogen (secondary N) is 2. The summed E-state index contributed by atoms with van der Waals surface area (Å²) in [5, 5.41) is 5.13. The van der Waals surface area contributed by atoms with Crippen molar-refractivity contribution in [2.24, 2.45) is 5.92 Å². The summed E-state index contributed by atoms with van der Waals surface area (Å²) < 4.78 is 0. The molecule has 5 nitrogen and oxygen atoms in total. The first-order valence-electron chi connectivity index (χ1n) is 5.29. The maximum Gasteiger partial charge on any atom is 0.322 e. The highest BCUT2D eigenvalue weighted by atomic mass is 16.2. The van der Waals surface area contributed by atoms with Gasteiger partial charge in [0.25, 0.3) is 5.91 Å². The number of carbonyl (C=O) groups is 2. The second-order valence-electron chi connectivity index (χ2n) is 4.77. The Morgan fingerprint density at radius 2 is 2.07 bits per heavy atom. The molecule has 2 rings (SSSR count). The number of nitrogens with zero attached hydrogens (tertiary/aromatic N) is 1. The lowest BCUT2D eigenvalue weighted by Gasteiger charge is -2.44. The number of carbonyl (C=O) groups excluding carboxylic acids is 2. The van der Waals surface area contributed by atoms with Crippen LogP contribution in [0.1, 0.15) is 20.3 Å². The molecule has 0 aromatic heterocycles. The number of likely N-dealkylation sites (tertiary alicyclic amines) is 1. The van der Waals surface area contributed by atoms with Crippen molar-refractivity contribution >= 4 is 11.9 Å². The molecular formula is C10H17N3O2. The van der Waals surface area contributed by atoms with Gasteiger partial charge in [0.1, 0.15) is 5.54 Å². The third-order valence-electron chi connectivity index (χ3n) is 3.74. The minimum Gasteiger partial charge on any atom is -0.323 e. The highest BCUT2D eigenvalue weighted by Gasteiger charge is 2.53. The van der Waals surface area contributed by atoms with Crippen LogP contribution < -0.4 is 10.6 Å². The predicted molar refractivity (Wildman–Crippen MR) is 55.3 cm³/mol. The van der Waals surface area contributed by atoms with Crippen molar-refractivity contribution in [2.45, 2.75) is 31.8 Å². The van der Waals surface area contributed by atoms with E-state index >= 15 is 0 Å². The number of hydrogen-bond donors (Lipinski definition) is 2. The summed E-state index contributed by atoms with van der Waals surface area (Å²) in [7, 11) is 2.04. The molecule has 0 unspecified atom stereocenters. The molecule has 2 saturated heterocycles. The fraction of sp³-hybridized carbons (Fsp3) is 0.800. The molecule has 0 radical (unpaired) electrons. The zero-order valence-electron chi connectivity index (χ0n) is 9.33. The summed E-state index contributed by atoms with van der Waals surface area (Å²) in [5.74, 6) is -0.0231. The highest BCUT2D eigenvalue weighted by molar-refractivity contribution is 6.07. The van der Waals surface area contributed by atoms with Gasteiger partial charge in [0.2, 0.25) is 0 Å². The first kappa shape index (κ1) is 10.4. The Kier molecular flexibility index (Phi) is 2.22. The van der Waals surface area contributed by atoms with Gasteiger partial charge in [-0.3, -0.25) is 10.1 Å². The lowest BCUT2D eigenvalue weighted by Crippen LogP contribution is -2.62. The lowest BCUT2D eigenvalue weighted by molar-refractivity contribution is -0.128. The molecule has 0 saturated carbocycles. The van der Waals surface area contributed by atoms with Crippen LogP contribution in [-0.2, 0) is 4.79 Å². The minimum atomic E-state index is -0.678. The van der Waals surface area contributed by atoms with E-state index in [1.165, 1.54) is 0 Å². The molecule has 2 fully saturated rings. The van der Waals surface area contributed by atoms with Crippen LogP contribution in [0.15, 0.2) is 0 Å². The Hall–Kier alpha value is -1.10. The monoisotopic (exact) mass is 211 g/mol. The molecule has 0 aromatic rings. The standard InChI is InChI=1S/C10H17N3O2/c1-6-5-13(3)7(2)4-10(6)8(14)11-9(15)12-10/h6-7H,4-5H2,1-3H3,(H2,11,12,14,15)/t6-,7+,10+/m1/s1. The van der Waals surface area contributed by atoms with Crippen molar-refractivity contribution in [3.8, 4) is 0 Å². The number of urea groups is 1. The van der Waals surface area contributed by atoms with Crippen LogP contribution in [0.25, 0.3) is 0 Å². The zero-order chi connectivity index (χ0) is 11.2. The summed E-state index contributed by atoms with van der Waals surface area (Å²) in [6.45, 7) is 4.91. The summed E-state index contributed by atoms with van der Waals surface area (Å²) in [6.07, 6.45) is 0.683. The van der Waals surface area contributed by atoms with E-state index in [4.69, 9.17) is 0 Å². The fourth-order valence-corrected chi connectivity index (χ4v) is 2.59. The van der Waals surface area contributed by atoms with Gasteiger partial charge >= 0.3 is 6.03 Å². The minimum absolute atomic E-state index is 0.144. The van der Waals surface area contributed by atoms with E-state index in [1.807, 2.05) is 14.0 Å². The second kappa shape index (κ2) is 3.20. The number of hydrogen-bond acceptors (Lipinski definition) is 3. The third kappa shape index (κ3) is 1.42. The summed E-state index contributed by atoms with van der Waals surface area (Å²) in [6, 6.07) is -0.0473. The largest absolute Gasteiger partial charge is 0.323 e. The number of amides is 3. The summed E-state index contributed by atoms with van der Waals surface area (Å²) in [4.78, 5) is 25.2. The Labute approximate surface area is 89.2 Å². The van der Waals surface area contributed by atoms with Gasteiger partial charge in [-0.1, -0.05) is 6.92 Å². The van der Waals surface area contributed by atoms with Crippen molar-refractivity contribution in [2.75, 3.05) is 13.6 Å². The average molecular weight is 211 g/mol. The van der Waals surface area contributed by atoms with Crippen LogP contribution in [0.5, 0.6) is 0 Å². The molecule has 15 heavy (non-hydrogen) atoms. The van der Waals surface area contributed by atoms with E-state index in [1.54, 1.807) is 0 Å². The molecule has 1 spiro atoms. The molecule has 2 aliphatic heterocycles. The van der Waals surface area contributed by atoms with Crippen LogP contribution in [-0.4, -0.2) is 42.0 Å². The predicted octanol–water partition coefficient (Wildman–Crippen LogP) is -0.0753. The summed E-state index contributed by atoms with van der Waals surface area (Å²) in [5.41, 5.74) is -0.678. The quantitative estimate of drug-likeness (QED) is 0.551. The highest BCUT2D eigenvalue weighted by Crippen LogP contribution is 2.33. The van der Waals surface area contributed by atoms with Gasteiger partial charge in [-0.15, -0.1) is 0 Å². The van der Waals surface area contributed by atoms with Crippen molar-refractivity contribution in [3.05, 3.63) is 0 Å². The maximum absolute atomic E-state index is 11.8. The second-order valence-corrected chi connectivity index (χ2v) is 4.77. The molecular weight excluding hydrogens is 194 g/mol. The molecule has 2 aliphatic rings.